The molecule has 0 aliphatic heterocycles. The highest BCUT2D eigenvalue weighted by molar-refractivity contribution is 14.0. The number of ether oxygens (including phenoxy) is 1. The average Bonchev–Trinajstić information content (AvgIpc) is 2.28. The zero-order chi connectivity index (χ0) is 13.1. The van der Waals surface area contributed by atoms with Crippen molar-refractivity contribution < 1.29 is 4.74 Å². The fourth-order valence-electron chi connectivity index (χ4n) is 1.43. The second-order valence-corrected chi connectivity index (χ2v) is 4.28. The van der Waals surface area contributed by atoms with Crippen LogP contribution in [0.2, 0.25) is 0 Å². The van der Waals surface area contributed by atoms with Crippen LogP contribution in [0.25, 0.3) is 0 Å². The Morgan fingerprint density at radius 1 is 1.22 bits per heavy atom. The summed E-state index contributed by atoms with van der Waals surface area (Å²) < 4.78 is 5.03. The normalized spacial score (nSPS) is 11.3. The summed E-state index contributed by atoms with van der Waals surface area (Å²) in [5, 5.41) is 3.25. The smallest absolute Gasteiger partial charge is 0.193 e. The van der Waals surface area contributed by atoms with Crippen molar-refractivity contribution in [1.29, 1.82) is 0 Å². The third kappa shape index (κ3) is 11.0. The molecule has 0 aromatic rings. The fraction of sp³-hybridized carbons (Fsp3) is 0.917. The van der Waals surface area contributed by atoms with Crippen LogP contribution in [0.1, 0.15) is 13.3 Å². The molecule has 0 saturated heterocycles. The van der Waals surface area contributed by atoms with Crippen molar-refractivity contribution in [1.82, 2.24) is 15.1 Å². The van der Waals surface area contributed by atoms with Crippen molar-refractivity contribution in [3.8, 4) is 0 Å². The second kappa shape index (κ2) is 13.4. The van der Waals surface area contributed by atoms with Crippen LogP contribution < -0.4 is 5.32 Å². The number of rotatable bonds is 8. The van der Waals surface area contributed by atoms with Crippen molar-refractivity contribution in [2.75, 3.05) is 61.0 Å². The number of nitrogens with one attached hydrogen (secondary N) is 1. The largest absolute Gasteiger partial charge is 0.385 e. The molecule has 0 atom stereocenters. The van der Waals surface area contributed by atoms with Gasteiger partial charge in [-0.3, -0.25) is 4.99 Å². The van der Waals surface area contributed by atoms with Crippen LogP contribution in [-0.4, -0.2) is 76.8 Å². The lowest BCUT2D eigenvalue weighted by Crippen LogP contribution is -2.37. The molecular formula is C12H29IN4O. The summed E-state index contributed by atoms with van der Waals surface area (Å²) >= 11 is 0. The lowest BCUT2D eigenvalue weighted by atomic mass is 10.4. The van der Waals surface area contributed by atoms with E-state index in [-0.39, 0.29) is 24.0 Å². The van der Waals surface area contributed by atoms with Gasteiger partial charge in [0, 0.05) is 47.4 Å². The maximum atomic E-state index is 5.03. The predicted octanol–water partition coefficient (Wildman–Crippen LogP) is 1.10. The van der Waals surface area contributed by atoms with Gasteiger partial charge in [0.05, 0.1) is 6.54 Å². The Morgan fingerprint density at radius 3 is 2.39 bits per heavy atom. The van der Waals surface area contributed by atoms with Gasteiger partial charge < -0.3 is 19.9 Å². The monoisotopic (exact) mass is 372 g/mol. The summed E-state index contributed by atoms with van der Waals surface area (Å²) in [5.74, 6) is 0.956. The molecule has 0 rings (SSSR count). The summed E-state index contributed by atoms with van der Waals surface area (Å²) in [6.07, 6.45) is 1.07. The van der Waals surface area contributed by atoms with E-state index in [1.54, 1.807) is 7.11 Å². The summed E-state index contributed by atoms with van der Waals surface area (Å²) in [6, 6.07) is 0. The minimum atomic E-state index is 0. The molecule has 0 saturated carbocycles. The molecule has 0 heterocycles. The number of halogens is 1. The van der Waals surface area contributed by atoms with E-state index in [1.807, 2.05) is 19.0 Å². The van der Waals surface area contributed by atoms with E-state index in [0.717, 1.165) is 45.2 Å². The van der Waals surface area contributed by atoms with Crippen molar-refractivity contribution >= 4 is 29.9 Å². The van der Waals surface area contributed by atoms with Gasteiger partial charge in [0.2, 0.25) is 0 Å². The number of hydrogen-bond donors (Lipinski definition) is 1. The van der Waals surface area contributed by atoms with Crippen LogP contribution in [0.5, 0.6) is 0 Å². The Morgan fingerprint density at radius 2 is 1.89 bits per heavy atom. The lowest BCUT2D eigenvalue weighted by Gasteiger charge is -2.18. The Labute approximate surface area is 129 Å². The Bertz CT molecular complexity index is 212. The summed E-state index contributed by atoms with van der Waals surface area (Å²) in [5.41, 5.74) is 0. The maximum absolute atomic E-state index is 5.03. The lowest BCUT2D eigenvalue weighted by molar-refractivity contribution is 0.180. The van der Waals surface area contributed by atoms with Gasteiger partial charge in [0.25, 0.3) is 0 Å². The topological polar surface area (TPSA) is 40.1 Å². The number of nitrogens with zero attached hydrogens (tertiary/aromatic N) is 3. The Hall–Kier alpha value is -0.0800. The third-order valence-electron chi connectivity index (χ3n) is 2.39. The van der Waals surface area contributed by atoms with Crippen molar-refractivity contribution in [3.63, 3.8) is 0 Å². The van der Waals surface area contributed by atoms with E-state index in [2.05, 4.69) is 29.2 Å². The molecule has 6 heteroatoms. The highest BCUT2D eigenvalue weighted by Gasteiger charge is 2.00. The molecule has 0 spiro atoms. The first kappa shape index (κ1) is 20.2. The molecule has 18 heavy (non-hydrogen) atoms. The van der Waals surface area contributed by atoms with Crippen molar-refractivity contribution in [3.05, 3.63) is 0 Å². The van der Waals surface area contributed by atoms with Gasteiger partial charge in [-0.05, 0) is 20.4 Å². The van der Waals surface area contributed by atoms with Gasteiger partial charge in [-0.2, -0.15) is 0 Å². The van der Waals surface area contributed by atoms with Gasteiger partial charge in [-0.25, -0.2) is 0 Å². The molecule has 5 nitrogen and oxygen atoms in total. The molecular weight excluding hydrogens is 343 g/mol. The first-order valence-electron chi connectivity index (χ1n) is 6.25. The minimum Gasteiger partial charge on any atom is -0.385 e. The van der Waals surface area contributed by atoms with E-state index in [0.29, 0.717) is 0 Å². The van der Waals surface area contributed by atoms with Crippen LogP contribution in [0.15, 0.2) is 4.99 Å². The standard InChI is InChI=1S/C12H28N4O.HI/c1-6-13-12(15(2)3)14-8-10-16(4)9-7-11-17-5;/h6-11H2,1-5H3,(H,13,14);1H. The van der Waals surface area contributed by atoms with E-state index in [1.165, 1.54) is 0 Å². The molecule has 0 fully saturated rings. The third-order valence-corrected chi connectivity index (χ3v) is 2.39. The summed E-state index contributed by atoms with van der Waals surface area (Å²) in [6.45, 7) is 6.67. The van der Waals surface area contributed by atoms with E-state index >= 15 is 0 Å². The van der Waals surface area contributed by atoms with Gasteiger partial charge >= 0.3 is 0 Å². The number of methoxy groups -OCH3 is 1. The molecule has 1 N–H and O–H groups in total. The second-order valence-electron chi connectivity index (χ2n) is 4.28. The molecule has 0 radical (unpaired) electrons. The highest BCUT2D eigenvalue weighted by Crippen LogP contribution is 1.89. The zero-order valence-electron chi connectivity index (χ0n) is 12.4. The van der Waals surface area contributed by atoms with Gasteiger partial charge in [0.1, 0.15) is 0 Å². The molecule has 0 aliphatic rings. The molecule has 0 aromatic carbocycles. The maximum Gasteiger partial charge on any atom is 0.193 e. The number of hydrogen-bond acceptors (Lipinski definition) is 3. The summed E-state index contributed by atoms with van der Waals surface area (Å²) in [4.78, 5) is 8.83. The van der Waals surface area contributed by atoms with Gasteiger partial charge in [0.15, 0.2) is 5.96 Å². The number of aliphatic imine (C=N–C) groups is 1. The SMILES string of the molecule is CCNC(=NCCN(C)CCCOC)N(C)C.I. The van der Waals surface area contributed by atoms with E-state index in [4.69, 9.17) is 4.74 Å². The van der Waals surface area contributed by atoms with E-state index < -0.39 is 0 Å². The van der Waals surface area contributed by atoms with Crippen molar-refractivity contribution in [2.24, 2.45) is 4.99 Å². The first-order chi connectivity index (χ1) is 8.11. The highest BCUT2D eigenvalue weighted by atomic mass is 127. The Kier molecular flexibility index (Phi) is 15.0. The van der Waals surface area contributed by atoms with Crippen molar-refractivity contribution in [2.45, 2.75) is 13.3 Å². The molecule has 110 valence electrons. The first-order valence-corrected chi connectivity index (χ1v) is 6.25. The van der Waals surface area contributed by atoms with Gasteiger partial charge in [-0.15, -0.1) is 24.0 Å². The molecule has 0 aromatic heterocycles. The van der Waals surface area contributed by atoms with Crippen LogP contribution in [-0.2, 0) is 4.74 Å². The fourth-order valence-corrected chi connectivity index (χ4v) is 1.43. The number of likely N-dealkylation sites (N-methyl/N-ethyl adjacent to an activating group) is 1. The molecule has 0 aliphatic carbocycles. The molecule has 0 unspecified atom stereocenters. The molecule has 0 bridgehead atoms. The predicted molar refractivity (Wildman–Crippen MR) is 89.1 cm³/mol. The average molecular weight is 372 g/mol. The quantitative estimate of drug-likeness (QED) is 0.300. The van der Waals surface area contributed by atoms with Gasteiger partial charge in [-0.1, -0.05) is 0 Å². The van der Waals surface area contributed by atoms with Crippen LogP contribution in [0, 0.1) is 0 Å². The zero-order valence-corrected chi connectivity index (χ0v) is 14.7. The molecule has 0 amide bonds. The number of guanidine groups is 1. The van der Waals surface area contributed by atoms with Crippen LogP contribution in [0.4, 0.5) is 0 Å². The van der Waals surface area contributed by atoms with Crippen LogP contribution in [0.3, 0.4) is 0 Å². The summed E-state index contributed by atoms with van der Waals surface area (Å²) in [7, 11) is 7.87. The minimum absolute atomic E-state index is 0. The van der Waals surface area contributed by atoms with E-state index in [9.17, 15) is 0 Å². The van der Waals surface area contributed by atoms with Crippen LogP contribution >= 0.6 is 24.0 Å². The Balaban J connectivity index is 0.